The summed E-state index contributed by atoms with van der Waals surface area (Å²) in [5.41, 5.74) is 6.30. The molecule has 3 aromatic carbocycles. The first-order valence-corrected chi connectivity index (χ1v) is 45.9. The van der Waals surface area contributed by atoms with Gasteiger partial charge < -0.3 is 107 Å². The summed E-state index contributed by atoms with van der Waals surface area (Å²) >= 11 is 12.6. The number of halogens is 2. The number of amides is 13. The molecule has 1 aliphatic heterocycles. The van der Waals surface area contributed by atoms with E-state index in [1.165, 1.54) is 27.7 Å². The van der Waals surface area contributed by atoms with E-state index in [4.69, 9.17) is 62.1 Å². The molecule has 0 spiro atoms. The molecule has 11 atom stereocenters. The number of nitrogens with two attached hydrogens (primary N) is 1. The quantitative estimate of drug-likeness (QED) is 0.0150. The summed E-state index contributed by atoms with van der Waals surface area (Å²) in [5, 5.41) is 38.4. The highest BCUT2D eigenvalue weighted by atomic mass is 35.5. The molecule has 40 heteroatoms. The molecule has 4 fully saturated rings. The van der Waals surface area contributed by atoms with Crippen LogP contribution < -0.4 is 64.2 Å². The van der Waals surface area contributed by atoms with Gasteiger partial charge in [-0.2, -0.15) is 0 Å². The molecule has 1 heterocycles. The topological polar surface area (TPSA) is 537 Å². The fraction of sp³-hybridized carbons (Fsp3) is 0.615. The van der Waals surface area contributed by atoms with E-state index in [-0.39, 0.29) is 78.0 Å². The number of hydrogen-bond donors (Lipinski definition) is 13. The van der Waals surface area contributed by atoms with E-state index in [9.17, 15) is 62.6 Å². The molecule has 0 bridgehead atoms. The molecule has 0 radical (unpaired) electrons. The number of alkyl carbamates (subject to hydrolysis) is 3. The number of primary amides is 1. The lowest BCUT2D eigenvalue weighted by Gasteiger charge is -2.30. The zero-order valence-electron chi connectivity index (χ0n) is 75.5. The number of hydrogen-bond acceptors (Lipinski definition) is 24. The minimum Gasteiger partial charge on any atom is -0.480 e. The maximum Gasteiger partial charge on any atom is 0.408 e. The van der Waals surface area contributed by atoms with Crippen LogP contribution in [0.4, 0.5) is 14.4 Å². The summed E-state index contributed by atoms with van der Waals surface area (Å²) in [6, 6.07) is 4.91. The van der Waals surface area contributed by atoms with Crippen molar-refractivity contribution < 1.29 is 120 Å². The van der Waals surface area contributed by atoms with E-state index in [1.807, 2.05) is 0 Å². The molecule has 131 heavy (non-hydrogen) atoms. The van der Waals surface area contributed by atoms with Crippen molar-refractivity contribution in [3.63, 3.8) is 0 Å². The van der Waals surface area contributed by atoms with Crippen molar-refractivity contribution in [1.82, 2.24) is 63.4 Å². The molecule has 14 N–H and O–H groups in total. The molecule has 13 amide bonds. The van der Waals surface area contributed by atoms with E-state index >= 15 is 24.0 Å². The number of carbonyl (C=O) groups excluding carboxylic acids is 16. The first-order chi connectivity index (χ1) is 62.4. The maximum absolute atomic E-state index is 15.6. The van der Waals surface area contributed by atoms with Crippen molar-refractivity contribution in [3.05, 3.63) is 106 Å². The highest BCUT2D eigenvalue weighted by molar-refractivity contribution is 6.31. The summed E-state index contributed by atoms with van der Waals surface area (Å²) < 4.78 is 40.1. The van der Waals surface area contributed by atoms with Gasteiger partial charge in [0.25, 0.3) is 0 Å². The number of unbranched alkanes of at least 4 members (excludes halogenated alkanes) is 2. The van der Waals surface area contributed by atoms with Gasteiger partial charge in [0.2, 0.25) is 59.1 Å². The van der Waals surface area contributed by atoms with Crippen molar-refractivity contribution in [2.75, 3.05) is 19.6 Å². The Morgan fingerprint density at radius 2 is 0.809 bits per heavy atom. The van der Waals surface area contributed by atoms with Gasteiger partial charge in [-0.1, -0.05) is 123 Å². The van der Waals surface area contributed by atoms with Gasteiger partial charge in [0.05, 0.1) is 38.4 Å². The van der Waals surface area contributed by atoms with Gasteiger partial charge in [0.1, 0.15) is 97.5 Å². The average Bonchev–Trinajstić information content (AvgIpc) is 1.82. The Labute approximate surface area is 772 Å². The molecule has 7 rings (SSSR count). The van der Waals surface area contributed by atoms with Crippen LogP contribution in [0.1, 0.15) is 239 Å². The summed E-state index contributed by atoms with van der Waals surface area (Å²) in [5.74, 6) is -16.2. The smallest absolute Gasteiger partial charge is 0.408 e. The number of ether oxygens (including phenoxy) is 7. The van der Waals surface area contributed by atoms with Gasteiger partial charge in [-0.05, 0) is 187 Å². The Balaban J connectivity index is 1.24. The predicted molar refractivity (Wildman–Crippen MR) is 476 cm³/mol. The van der Waals surface area contributed by atoms with Gasteiger partial charge in [0.15, 0.2) is 0 Å². The van der Waals surface area contributed by atoms with Crippen LogP contribution in [0.15, 0.2) is 78.9 Å². The highest BCUT2D eigenvalue weighted by Crippen LogP contribution is 2.27. The van der Waals surface area contributed by atoms with Gasteiger partial charge in [0, 0.05) is 40.8 Å². The van der Waals surface area contributed by atoms with E-state index in [0.717, 1.165) is 37.0 Å². The van der Waals surface area contributed by atoms with E-state index in [1.54, 1.807) is 99.6 Å². The largest absolute Gasteiger partial charge is 0.480 e. The molecule has 3 aromatic rings. The summed E-state index contributed by atoms with van der Waals surface area (Å²) in [6.45, 7) is 10.0. The number of nitrogens with one attached hydrogen (secondary N) is 11. The van der Waals surface area contributed by atoms with Crippen LogP contribution in [-0.2, 0) is 120 Å². The Hall–Kier alpha value is -11.4. The average molecular weight is 1880 g/mol. The minimum atomic E-state index is -2.06. The van der Waals surface area contributed by atoms with Gasteiger partial charge in [-0.25, -0.2) is 19.2 Å². The molecular weight excluding hydrogens is 1750 g/mol. The van der Waals surface area contributed by atoms with Crippen LogP contribution >= 0.6 is 23.2 Å². The molecule has 4 aliphatic rings. The Bertz CT molecular complexity index is 4350. The molecule has 3 saturated carbocycles. The third-order valence-electron chi connectivity index (χ3n) is 22.5. The normalized spacial score (nSPS) is 17.1. The molecule has 3 aliphatic carbocycles. The van der Waals surface area contributed by atoms with Crippen LogP contribution in [0.3, 0.4) is 0 Å². The number of likely N-dealkylation sites (tertiary alicyclic amines) is 1. The number of carboxylic acid groups (broad SMARTS) is 1. The fourth-order valence-electron chi connectivity index (χ4n) is 15.3. The second-order valence-electron chi connectivity index (χ2n) is 34.7. The van der Waals surface area contributed by atoms with Crippen LogP contribution in [0.2, 0.25) is 10.0 Å². The van der Waals surface area contributed by atoms with E-state index < -0.39 is 230 Å². The highest BCUT2D eigenvalue weighted by Gasteiger charge is 2.42. The van der Waals surface area contributed by atoms with Crippen molar-refractivity contribution in [2.45, 2.75) is 332 Å². The van der Waals surface area contributed by atoms with Crippen molar-refractivity contribution in [1.29, 1.82) is 0 Å². The third-order valence-corrected chi connectivity index (χ3v) is 23.2. The van der Waals surface area contributed by atoms with Crippen molar-refractivity contribution in [3.8, 4) is 0 Å². The second-order valence-corrected chi connectivity index (χ2v) is 35.5. The minimum absolute atomic E-state index is 0.0346. The number of nitrogens with zero attached hydrogens (tertiary/aromatic N) is 1. The molecular formula is C91H129Cl2N13O25. The third kappa shape index (κ3) is 38.5. The molecule has 0 aromatic heterocycles. The SMILES string of the molecule is CC(C)[C@H](NC(=O)[C@H](CC(N)=O)NC(=O)[C@H](CC(=O)OC1CCCCC1)NC(=O)[C@H](CCCCNC(=O)OCc1ccccc1Cl)NC(=O)[C@H](CC(=O)OC1CCCCC1)NC(=O)[C@H](CCCCNC(=O)OCc1ccccc1Cl)NC(=O)[C@H](CC(=O)OC1CCCCC1)NC(=O)[C@@H](NC(=O)OC(C)(C)C)[C@@H](C)OCc1ccccc1)C(=O)N[C@@H](C)C(=O)N1CCC[C@H]1C(=O)O. The lowest BCUT2D eigenvalue weighted by Crippen LogP contribution is -2.61. The van der Waals surface area contributed by atoms with Crippen LogP contribution in [0, 0.1) is 5.92 Å². The van der Waals surface area contributed by atoms with Crippen molar-refractivity contribution >= 4 is 124 Å². The van der Waals surface area contributed by atoms with E-state index in [2.05, 4.69) is 58.5 Å². The summed E-state index contributed by atoms with van der Waals surface area (Å²) in [4.78, 5) is 243. The molecule has 0 unspecified atom stereocenters. The second kappa shape index (κ2) is 55.1. The first kappa shape index (κ1) is 107. The predicted octanol–water partition coefficient (Wildman–Crippen LogP) is 7.29. The Kier molecular flexibility index (Phi) is 44.8. The van der Waals surface area contributed by atoms with Crippen LogP contribution in [0.5, 0.6) is 0 Å². The summed E-state index contributed by atoms with van der Waals surface area (Å²) in [6.07, 6.45) is -0.290. The van der Waals surface area contributed by atoms with Crippen molar-refractivity contribution in [2.24, 2.45) is 11.7 Å². The number of aliphatic carboxylic acids is 1. The molecule has 38 nitrogen and oxygen atoms in total. The lowest BCUT2D eigenvalue weighted by molar-refractivity contribution is -0.153. The molecule has 1 saturated heterocycles. The first-order valence-electron chi connectivity index (χ1n) is 45.2. The number of carboxylic acids is 1. The number of rotatable bonds is 49. The van der Waals surface area contributed by atoms with E-state index in [0.29, 0.717) is 97.4 Å². The zero-order chi connectivity index (χ0) is 95.7. The van der Waals surface area contributed by atoms with Gasteiger partial charge in [-0.15, -0.1) is 0 Å². The van der Waals surface area contributed by atoms with Crippen LogP contribution in [0.25, 0.3) is 0 Å². The number of carbonyl (C=O) groups is 17. The number of esters is 3. The number of benzene rings is 3. The standard InChI is InChI=1S/C91H129Cl2N13O25/c1-54(2)76(84(117)97-55(3)86(119)106-46-28-43-71(106)87(120)121)104-83(116)67(47-72(94)107)100-82(115)69(49-74(109)129-61-35-16-10-17-36-61)102-79(112)65(41-24-26-44-95-88(122)126-52-58-31-20-22-39-63(58)92)98-80(113)68(48-73(108)128-60-33-14-9-15-34-60)101-78(111)66(42-25-27-45-96-89(123)127-53-59-32-21-23-40-64(59)93)99-81(114)70(50-75(110)130-62-37-18-11-19-38-62)103-85(118)77(105-90(124)131-91(5,6)7)56(4)125-51-57-29-12-8-13-30-57/h8,12-13,20-23,29-32,39-40,54-56,60-62,65-71,76-77H,9-11,14-19,24-28,33-38,41-53H2,1-7H3,(H2,94,107)(H,95,122)(H,96,123)(H,97,117)(H,98,113)(H,99,114)(H,100,115)(H,101,111)(H,102,112)(H,103,118)(H,104,116)(H,105,124)(H,120,121)/t55-,56+,65-,66-,67-,68-,69-,70-,71-,76-,77-/m0/s1. The monoisotopic (exact) mass is 1870 g/mol. The van der Waals surface area contributed by atoms with Crippen LogP contribution in [-0.4, -0.2) is 221 Å². The maximum atomic E-state index is 15.6. The summed E-state index contributed by atoms with van der Waals surface area (Å²) in [7, 11) is 0. The Morgan fingerprint density at radius 1 is 0.427 bits per heavy atom. The van der Waals surface area contributed by atoms with Gasteiger partial charge in [-0.3, -0.25) is 62.3 Å². The van der Waals surface area contributed by atoms with Gasteiger partial charge >= 0.3 is 42.2 Å². The Morgan fingerprint density at radius 3 is 1.21 bits per heavy atom. The fourth-order valence-corrected chi connectivity index (χ4v) is 15.7. The molecule has 722 valence electrons. The lowest BCUT2D eigenvalue weighted by atomic mass is 9.98. The zero-order valence-corrected chi connectivity index (χ0v) is 77.0.